The number of rotatable bonds is 3. The van der Waals surface area contributed by atoms with Crippen molar-refractivity contribution in [2.75, 3.05) is 36.0 Å². The zero-order chi connectivity index (χ0) is 17.1. The second kappa shape index (κ2) is 6.80. The van der Waals surface area contributed by atoms with Gasteiger partial charge in [-0.2, -0.15) is 0 Å². The SMILES string of the molecule is Cc1cc(N2CCN(c3nccc(-c4ccncc4)n3)CC2)ncn1. The molecular weight excluding hydrogens is 314 g/mol. The van der Waals surface area contributed by atoms with E-state index < -0.39 is 0 Å². The van der Waals surface area contributed by atoms with E-state index >= 15 is 0 Å². The Morgan fingerprint density at radius 2 is 1.60 bits per heavy atom. The van der Waals surface area contributed by atoms with Crippen LogP contribution in [0.2, 0.25) is 0 Å². The summed E-state index contributed by atoms with van der Waals surface area (Å²) in [5.74, 6) is 1.76. The van der Waals surface area contributed by atoms with Gasteiger partial charge in [0.2, 0.25) is 5.95 Å². The molecule has 4 rings (SSSR count). The highest BCUT2D eigenvalue weighted by Crippen LogP contribution is 2.20. The Labute approximate surface area is 146 Å². The van der Waals surface area contributed by atoms with Crippen LogP contribution in [-0.2, 0) is 0 Å². The van der Waals surface area contributed by atoms with Gasteiger partial charge in [0.15, 0.2) is 0 Å². The first kappa shape index (κ1) is 15.4. The predicted octanol–water partition coefficient (Wildman–Crippen LogP) is 1.96. The van der Waals surface area contributed by atoms with Gasteiger partial charge in [-0.05, 0) is 25.1 Å². The van der Waals surface area contributed by atoms with E-state index in [1.54, 1.807) is 18.7 Å². The molecule has 0 aliphatic carbocycles. The Kier molecular flexibility index (Phi) is 4.20. The quantitative estimate of drug-likeness (QED) is 0.725. The molecule has 25 heavy (non-hydrogen) atoms. The van der Waals surface area contributed by atoms with Crippen molar-refractivity contribution in [1.82, 2.24) is 24.9 Å². The number of piperazine rings is 1. The van der Waals surface area contributed by atoms with Gasteiger partial charge >= 0.3 is 0 Å². The number of hydrogen-bond acceptors (Lipinski definition) is 7. The van der Waals surface area contributed by atoms with Crippen LogP contribution in [0.15, 0.2) is 49.2 Å². The first-order valence-electron chi connectivity index (χ1n) is 8.31. The third-order valence-electron chi connectivity index (χ3n) is 4.29. The van der Waals surface area contributed by atoms with Crippen LogP contribution in [0.1, 0.15) is 5.69 Å². The number of aromatic nitrogens is 5. The Morgan fingerprint density at radius 3 is 2.36 bits per heavy atom. The number of hydrogen-bond donors (Lipinski definition) is 0. The van der Waals surface area contributed by atoms with E-state index in [-0.39, 0.29) is 0 Å². The molecule has 126 valence electrons. The maximum atomic E-state index is 4.72. The fraction of sp³-hybridized carbons (Fsp3) is 0.278. The minimum Gasteiger partial charge on any atom is -0.353 e. The summed E-state index contributed by atoms with van der Waals surface area (Å²) in [4.78, 5) is 26.3. The highest BCUT2D eigenvalue weighted by atomic mass is 15.3. The first-order chi connectivity index (χ1) is 12.3. The van der Waals surface area contributed by atoms with Crippen molar-refractivity contribution >= 4 is 11.8 Å². The van der Waals surface area contributed by atoms with Gasteiger partial charge in [-0.1, -0.05) is 0 Å². The molecule has 7 nitrogen and oxygen atoms in total. The maximum absolute atomic E-state index is 4.72. The van der Waals surface area contributed by atoms with E-state index in [1.165, 1.54) is 0 Å². The van der Waals surface area contributed by atoms with Gasteiger partial charge in [-0.3, -0.25) is 4.98 Å². The smallest absolute Gasteiger partial charge is 0.225 e. The summed E-state index contributed by atoms with van der Waals surface area (Å²) in [7, 11) is 0. The summed E-state index contributed by atoms with van der Waals surface area (Å²) in [5.41, 5.74) is 2.95. The average molecular weight is 333 g/mol. The summed E-state index contributed by atoms with van der Waals surface area (Å²) < 4.78 is 0. The molecule has 7 heteroatoms. The van der Waals surface area contributed by atoms with Crippen molar-refractivity contribution in [1.29, 1.82) is 0 Å². The molecule has 1 aliphatic heterocycles. The van der Waals surface area contributed by atoms with Crippen molar-refractivity contribution in [3.05, 3.63) is 54.9 Å². The summed E-state index contributed by atoms with van der Waals surface area (Å²) >= 11 is 0. The van der Waals surface area contributed by atoms with Crippen molar-refractivity contribution in [2.24, 2.45) is 0 Å². The van der Waals surface area contributed by atoms with Crippen LogP contribution in [0.4, 0.5) is 11.8 Å². The van der Waals surface area contributed by atoms with E-state index in [2.05, 4.69) is 29.7 Å². The molecule has 3 aromatic rings. The Hall–Kier alpha value is -3.09. The molecule has 4 heterocycles. The molecule has 0 bridgehead atoms. The van der Waals surface area contributed by atoms with E-state index in [0.29, 0.717) is 0 Å². The lowest BCUT2D eigenvalue weighted by Gasteiger charge is -2.35. The molecule has 3 aromatic heterocycles. The molecule has 1 saturated heterocycles. The largest absolute Gasteiger partial charge is 0.353 e. The summed E-state index contributed by atoms with van der Waals surface area (Å²) in [6.45, 7) is 5.49. The Bertz CT molecular complexity index is 845. The third-order valence-corrected chi connectivity index (χ3v) is 4.29. The first-order valence-corrected chi connectivity index (χ1v) is 8.31. The van der Waals surface area contributed by atoms with Gasteiger partial charge in [-0.25, -0.2) is 19.9 Å². The lowest BCUT2D eigenvalue weighted by molar-refractivity contribution is 0.634. The van der Waals surface area contributed by atoms with Crippen LogP contribution in [0, 0.1) is 6.92 Å². The Balaban J connectivity index is 1.48. The van der Waals surface area contributed by atoms with Gasteiger partial charge in [0.25, 0.3) is 0 Å². The van der Waals surface area contributed by atoms with Crippen molar-refractivity contribution < 1.29 is 0 Å². The molecule has 1 aliphatic rings. The van der Waals surface area contributed by atoms with E-state index in [0.717, 1.165) is 54.9 Å². The molecule has 0 radical (unpaired) electrons. The van der Waals surface area contributed by atoms with E-state index in [4.69, 9.17) is 4.98 Å². The second-order valence-corrected chi connectivity index (χ2v) is 5.97. The van der Waals surface area contributed by atoms with Crippen LogP contribution in [0.3, 0.4) is 0 Å². The minimum absolute atomic E-state index is 0.771. The van der Waals surface area contributed by atoms with Crippen LogP contribution in [0.25, 0.3) is 11.3 Å². The normalized spacial score (nSPS) is 14.6. The van der Waals surface area contributed by atoms with Gasteiger partial charge in [-0.15, -0.1) is 0 Å². The lowest BCUT2D eigenvalue weighted by Crippen LogP contribution is -2.47. The van der Waals surface area contributed by atoms with Gasteiger partial charge in [0.05, 0.1) is 5.69 Å². The maximum Gasteiger partial charge on any atom is 0.225 e. The topological polar surface area (TPSA) is 70.9 Å². The second-order valence-electron chi connectivity index (χ2n) is 5.97. The third kappa shape index (κ3) is 3.40. The van der Waals surface area contributed by atoms with Crippen molar-refractivity contribution in [3.63, 3.8) is 0 Å². The van der Waals surface area contributed by atoms with Crippen LogP contribution in [-0.4, -0.2) is 51.1 Å². The zero-order valence-electron chi connectivity index (χ0n) is 14.1. The average Bonchev–Trinajstić information content (AvgIpc) is 2.69. The fourth-order valence-electron chi connectivity index (χ4n) is 2.93. The standard InChI is InChI=1S/C18H19N7/c1-14-12-17(22-13-21-14)24-8-10-25(11-9-24)18-20-7-4-16(23-18)15-2-5-19-6-3-15/h2-7,12-13H,8-11H2,1H3. The molecule has 0 atom stereocenters. The molecule has 0 aromatic carbocycles. The van der Waals surface area contributed by atoms with E-state index in [9.17, 15) is 0 Å². The summed E-state index contributed by atoms with van der Waals surface area (Å²) in [6.07, 6.45) is 7.00. The fourth-order valence-corrected chi connectivity index (χ4v) is 2.93. The van der Waals surface area contributed by atoms with Gasteiger partial charge < -0.3 is 9.80 Å². The summed E-state index contributed by atoms with van der Waals surface area (Å²) in [6, 6.07) is 7.87. The van der Waals surface area contributed by atoms with Crippen molar-refractivity contribution in [2.45, 2.75) is 6.92 Å². The van der Waals surface area contributed by atoms with Gasteiger partial charge in [0, 0.05) is 62.1 Å². The van der Waals surface area contributed by atoms with Crippen LogP contribution in [0.5, 0.6) is 0 Å². The van der Waals surface area contributed by atoms with E-state index in [1.807, 2.05) is 37.4 Å². The predicted molar refractivity (Wildman–Crippen MR) is 96.5 cm³/mol. The number of nitrogens with zero attached hydrogens (tertiary/aromatic N) is 7. The molecule has 1 fully saturated rings. The summed E-state index contributed by atoms with van der Waals surface area (Å²) in [5, 5.41) is 0. The molecule has 0 N–H and O–H groups in total. The molecule has 0 unspecified atom stereocenters. The highest BCUT2D eigenvalue weighted by molar-refractivity contribution is 5.59. The van der Waals surface area contributed by atoms with Crippen LogP contribution < -0.4 is 9.80 Å². The zero-order valence-corrected chi connectivity index (χ0v) is 14.1. The monoisotopic (exact) mass is 333 g/mol. The molecule has 0 saturated carbocycles. The highest BCUT2D eigenvalue weighted by Gasteiger charge is 2.20. The number of anilines is 2. The molecule has 0 amide bonds. The number of pyridine rings is 1. The molecule has 0 spiro atoms. The Morgan fingerprint density at radius 1 is 0.840 bits per heavy atom. The number of aryl methyl sites for hydroxylation is 1. The van der Waals surface area contributed by atoms with Crippen molar-refractivity contribution in [3.8, 4) is 11.3 Å². The van der Waals surface area contributed by atoms with Gasteiger partial charge in [0.1, 0.15) is 12.1 Å². The minimum atomic E-state index is 0.771. The lowest BCUT2D eigenvalue weighted by atomic mass is 10.2. The van der Waals surface area contributed by atoms with Crippen LogP contribution >= 0.6 is 0 Å². The molecular formula is C18H19N7.